The minimum atomic E-state index is 0.480. The lowest BCUT2D eigenvalue weighted by Crippen LogP contribution is -2.18. The highest BCUT2D eigenvalue weighted by Gasteiger charge is 2.17. The van der Waals surface area contributed by atoms with Gasteiger partial charge in [-0.1, -0.05) is 18.9 Å². The molecule has 3 rings (SSSR count). The van der Waals surface area contributed by atoms with Crippen LogP contribution in [0.25, 0.3) is 0 Å². The second-order valence-corrected chi connectivity index (χ2v) is 5.33. The number of nitrogens with zero attached hydrogens (tertiary/aromatic N) is 3. The second-order valence-electron chi connectivity index (χ2n) is 5.33. The molecule has 0 saturated heterocycles. The van der Waals surface area contributed by atoms with Crippen molar-refractivity contribution in [3.05, 3.63) is 36.4 Å². The first kappa shape index (κ1) is 13.6. The van der Waals surface area contributed by atoms with E-state index in [0.29, 0.717) is 24.1 Å². The van der Waals surface area contributed by atoms with E-state index in [9.17, 15) is 0 Å². The van der Waals surface area contributed by atoms with E-state index in [1.54, 1.807) is 12.5 Å². The highest BCUT2D eigenvalue weighted by atomic mass is 15.1. The molecular formula is C15H20N6. The summed E-state index contributed by atoms with van der Waals surface area (Å²) >= 11 is 0. The molecule has 6 heteroatoms. The first-order valence-electron chi connectivity index (χ1n) is 7.32. The third-order valence-corrected chi connectivity index (χ3v) is 3.76. The minimum Gasteiger partial charge on any atom is -0.393 e. The fourth-order valence-electron chi connectivity index (χ4n) is 2.60. The maximum absolute atomic E-state index is 6.16. The number of hydrogen-bond acceptors (Lipinski definition) is 6. The van der Waals surface area contributed by atoms with Crippen molar-refractivity contribution in [3.63, 3.8) is 0 Å². The summed E-state index contributed by atoms with van der Waals surface area (Å²) in [4.78, 5) is 12.6. The predicted octanol–water partition coefficient (Wildman–Crippen LogP) is 2.42. The number of hydrogen-bond donors (Lipinski definition) is 3. The van der Waals surface area contributed by atoms with Crippen molar-refractivity contribution in [2.45, 2.75) is 38.3 Å². The van der Waals surface area contributed by atoms with E-state index < -0.39 is 0 Å². The fraction of sp³-hybridized carbons (Fsp3) is 0.400. The molecule has 1 fully saturated rings. The van der Waals surface area contributed by atoms with E-state index in [0.717, 1.165) is 11.4 Å². The standard InChI is InChI=1S/C15H20N6/c16-13-14(18-9-11-4-3-7-17-8-11)19-10-20-15(13)21-12-5-1-2-6-12/h3-4,7-8,10,12H,1-2,5-6,9,16H2,(H2,18,19,20,21). The summed E-state index contributed by atoms with van der Waals surface area (Å²) in [7, 11) is 0. The van der Waals surface area contributed by atoms with Gasteiger partial charge in [-0.2, -0.15) is 0 Å². The molecule has 0 bridgehead atoms. The van der Waals surface area contributed by atoms with Gasteiger partial charge in [0.25, 0.3) is 0 Å². The molecule has 0 aromatic carbocycles. The summed E-state index contributed by atoms with van der Waals surface area (Å²) in [5, 5.41) is 6.66. The summed E-state index contributed by atoms with van der Waals surface area (Å²) in [6.45, 7) is 0.637. The van der Waals surface area contributed by atoms with E-state index in [4.69, 9.17) is 5.73 Å². The molecule has 0 radical (unpaired) electrons. The predicted molar refractivity (Wildman–Crippen MR) is 83.9 cm³/mol. The number of pyridine rings is 1. The van der Waals surface area contributed by atoms with Gasteiger partial charge in [0, 0.05) is 25.0 Å². The number of rotatable bonds is 5. The zero-order valence-corrected chi connectivity index (χ0v) is 11.9. The van der Waals surface area contributed by atoms with Crippen LogP contribution < -0.4 is 16.4 Å². The van der Waals surface area contributed by atoms with Gasteiger partial charge < -0.3 is 16.4 Å². The summed E-state index contributed by atoms with van der Waals surface area (Å²) in [5.41, 5.74) is 7.82. The highest BCUT2D eigenvalue weighted by Crippen LogP contribution is 2.27. The van der Waals surface area contributed by atoms with Crippen LogP contribution in [0.1, 0.15) is 31.2 Å². The molecule has 2 aromatic heterocycles. The molecule has 1 aliphatic carbocycles. The molecule has 110 valence electrons. The van der Waals surface area contributed by atoms with E-state index in [-0.39, 0.29) is 0 Å². The molecule has 4 N–H and O–H groups in total. The first-order chi connectivity index (χ1) is 10.3. The third-order valence-electron chi connectivity index (χ3n) is 3.76. The molecule has 0 atom stereocenters. The summed E-state index contributed by atoms with van der Waals surface area (Å²) in [5.74, 6) is 1.39. The Balaban J connectivity index is 1.67. The molecule has 0 unspecified atom stereocenters. The molecule has 2 heterocycles. The van der Waals surface area contributed by atoms with Crippen LogP contribution in [0, 0.1) is 0 Å². The maximum Gasteiger partial charge on any atom is 0.155 e. The monoisotopic (exact) mass is 284 g/mol. The van der Waals surface area contributed by atoms with Crippen molar-refractivity contribution in [1.82, 2.24) is 15.0 Å². The first-order valence-corrected chi connectivity index (χ1v) is 7.32. The van der Waals surface area contributed by atoms with E-state index in [2.05, 4.69) is 25.6 Å². The average molecular weight is 284 g/mol. The van der Waals surface area contributed by atoms with Crippen molar-refractivity contribution in [3.8, 4) is 0 Å². The molecule has 0 aliphatic heterocycles. The lowest BCUT2D eigenvalue weighted by Gasteiger charge is -2.16. The van der Waals surface area contributed by atoms with E-state index in [1.807, 2.05) is 18.3 Å². The SMILES string of the molecule is Nc1c(NCc2cccnc2)ncnc1NC1CCCC1. The van der Waals surface area contributed by atoms with E-state index in [1.165, 1.54) is 25.7 Å². The van der Waals surface area contributed by atoms with Crippen molar-refractivity contribution in [2.24, 2.45) is 0 Å². The van der Waals surface area contributed by atoms with Gasteiger partial charge in [0.15, 0.2) is 11.6 Å². The number of anilines is 3. The Kier molecular flexibility index (Phi) is 4.14. The normalized spacial score (nSPS) is 15.0. The summed E-state index contributed by atoms with van der Waals surface area (Å²) in [6, 6.07) is 4.40. The number of aromatic nitrogens is 3. The van der Waals surface area contributed by atoms with Gasteiger partial charge in [-0.25, -0.2) is 9.97 Å². The minimum absolute atomic E-state index is 0.480. The van der Waals surface area contributed by atoms with Crippen molar-refractivity contribution in [2.75, 3.05) is 16.4 Å². The quantitative estimate of drug-likeness (QED) is 0.781. The van der Waals surface area contributed by atoms with E-state index >= 15 is 0 Å². The Bertz CT molecular complexity index is 580. The Morgan fingerprint density at radius 3 is 2.76 bits per heavy atom. The topological polar surface area (TPSA) is 88.8 Å². The lowest BCUT2D eigenvalue weighted by molar-refractivity contribution is 0.750. The van der Waals surface area contributed by atoms with Crippen LogP contribution in [-0.4, -0.2) is 21.0 Å². The van der Waals surface area contributed by atoms with Gasteiger partial charge in [-0.05, 0) is 24.5 Å². The van der Waals surface area contributed by atoms with Crippen LogP contribution in [0.3, 0.4) is 0 Å². The van der Waals surface area contributed by atoms with Gasteiger partial charge in [-0.15, -0.1) is 0 Å². The van der Waals surface area contributed by atoms with Crippen LogP contribution in [0.15, 0.2) is 30.9 Å². The van der Waals surface area contributed by atoms with Crippen LogP contribution >= 0.6 is 0 Å². The molecule has 2 aromatic rings. The molecule has 0 amide bonds. The summed E-state index contributed by atoms with van der Waals surface area (Å²) < 4.78 is 0. The van der Waals surface area contributed by atoms with Gasteiger partial charge in [0.05, 0.1) is 0 Å². The third kappa shape index (κ3) is 3.39. The largest absolute Gasteiger partial charge is 0.393 e. The molecule has 1 saturated carbocycles. The Hall–Kier alpha value is -2.37. The number of nitrogens with two attached hydrogens (primary N) is 1. The molecular weight excluding hydrogens is 264 g/mol. The number of nitrogens with one attached hydrogen (secondary N) is 2. The molecule has 6 nitrogen and oxygen atoms in total. The van der Waals surface area contributed by atoms with Gasteiger partial charge in [0.2, 0.25) is 0 Å². The van der Waals surface area contributed by atoms with Crippen molar-refractivity contribution < 1.29 is 0 Å². The number of nitrogen functional groups attached to an aromatic ring is 1. The van der Waals surface area contributed by atoms with Crippen molar-refractivity contribution in [1.29, 1.82) is 0 Å². The lowest BCUT2D eigenvalue weighted by atomic mass is 10.2. The molecule has 0 spiro atoms. The van der Waals surface area contributed by atoms with Crippen LogP contribution in [0.4, 0.5) is 17.3 Å². The second kappa shape index (κ2) is 6.39. The molecule has 1 aliphatic rings. The fourth-order valence-corrected chi connectivity index (χ4v) is 2.60. The molecule has 21 heavy (non-hydrogen) atoms. The van der Waals surface area contributed by atoms with Crippen LogP contribution in [0.5, 0.6) is 0 Å². The highest BCUT2D eigenvalue weighted by molar-refractivity contribution is 5.74. The van der Waals surface area contributed by atoms with Crippen LogP contribution in [-0.2, 0) is 6.54 Å². The average Bonchev–Trinajstić information content (AvgIpc) is 3.02. The zero-order valence-electron chi connectivity index (χ0n) is 11.9. The maximum atomic E-state index is 6.16. The Labute approximate surface area is 124 Å². The van der Waals surface area contributed by atoms with Gasteiger partial charge in [0.1, 0.15) is 12.0 Å². The zero-order chi connectivity index (χ0) is 14.5. The summed E-state index contributed by atoms with van der Waals surface area (Å²) in [6.07, 6.45) is 10.0. The van der Waals surface area contributed by atoms with Gasteiger partial charge in [-0.3, -0.25) is 4.98 Å². The Morgan fingerprint density at radius 1 is 1.19 bits per heavy atom. The van der Waals surface area contributed by atoms with Crippen molar-refractivity contribution >= 4 is 17.3 Å². The smallest absolute Gasteiger partial charge is 0.155 e. The van der Waals surface area contributed by atoms with Gasteiger partial charge >= 0.3 is 0 Å². The van der Waals surface area contributed by atoms with Crippen LogP contribution in [0.2, 0.25) is 0 Å². The Morgan fingerprint density at radius 2 is 2.00 bits per heavy atom.